The number of rotatable bonds is 5. The van der Waals surface area contributed by atoms with Gasteiger partial charge < -0.3 is 10.4 Å². The van der Waals surface area contributed by atoms with Gasteiger partial charge in [-0.3, -0.25) is 0 Å². The van der Waals surface area contributed by atoms with Gasteiger partial charge in [0.05, 0.1) is 6.61 Å². The largest absolute Gasteiger partial charge is 0.395 e. The molecular formula is C13H15NOS. The van der Waals surface area contributed by atoms with Crippen molar-refractivity contribution in [2.45, 2.75) is 6.54 Å². The monoisotopic (exact) mass is 233 g/mol. The van der Waals surface area contributed by atoms with E-state index < -0.39 is 0 Å². The Morgan fingerprint density at radius 1 is 1.12 bits per heavy atom. The third-order valence-electron chi connectivity index (χ3n) is 2.35. The van der Waals surface area contributed by atoms with Gasteiger partial charge in [-0.05, 0) is 22.6 Å². The average molecular weight is 233 g/mol. The van der Waals surface area contributed by atoms with E-state index in [1.54, 1.807) is 11.3 Å². The highest BCUT2D eigenvalue weighted by molar-refractivity contribution is 7.10. The zero-order chi connectivity index (χ0) is 11.2. The molecule has 0 unspecified atom stereocenters. The van der Waals surface area contributed by atoms with Gasteiger partial charge in [0.25, 0.3) is 0 Å². The SMILES string of the molecule is OCCNCc1cc(-c2ccccc2)cs1. The lowest BCUT2D eigenvalue weighted by Gasteiger charge is -1.98. The average Bonchev–Trinajstić information content (AvgIpc) is 2.79. The zero-order valence-corrected chi connectivity index (χ0v) is 9.83. The summed E-state index contributed by atoms with van der Waals surface area (Å²) in [5.41, 5.74) is 2.53. The molecule has 0 spiro atoms. The predicted molar refractivity (Wildman–Crippen MR) is 68.5 cm³/mol. The summed E-state index contributed by atoms with van der Waals surface area (Å²) >= 11 is 1.75. The molecule has 16 heavy (non-hydrogen) atoms. The lowest BCUT2D eigenvalue weighted by Crippen LogP contribution is -2.16. The molecule has 2 aromatic rings. The highest BCUT2D eigenvalue weighted by Gasteiger charge is 2.01. The van der Waals surface area contributed by atoms with E-state index in [1.807, 2.05) is 6.07 Å². The van der Waals surface area contributed by atoms with Gasteiger partial charge in [-0.2, -0.15) is 0 Å². The van der Waals surface area contributed by atoms with Crippen molar-refractivity contribution in [2.24, 2.45) is 0 Å². The van der Waals surface area contributed by atoms with Crippen LogP contribution >= 0.6 is 11.3 Å². The molecule has 0 amide bonds. The molecule has 2 rings (SSSR count). The highest BCUT2D eigenvalue weighted by atomic mass is 32.1. The maximum absolute atomic E-state index is 8.67. The van der Waals surface area contributed by atoms with E-state index in [1.165, 1.54) is 16.0 Å². The molecule has 3 heteroatoms. The molecule has 0 saturated heterocycles. The van der Waals surface area contributed by atoms with E-state index in [0.717, 1.165) is 6.54 Å². The first-order valence-corrected chi connectivity index (χ1v) is 6.22. The van der Waals surface area contributed by atoms with Crippen LogP contribution in [0, 0.1) is 0 Å². The predicted octanol–water partition coefficient (Wildman–Crippen LogP) is 2.50. The first-order valence-electron chi connectivity index (χ1n) is 5.34. The lowest BCUT2D eigenvalue weighted by molar-refractivity contribution is 0.292. The second-order valence-electron chi connectivity index (χ2n) is 3.57. The van der Waals surface area contributed by atoms with Gasteiger partial charge in [-0.15, -0.1) is 11.3 Å². The number of benzene rings is 1. The van der Waals surface area contributed by atoms with Crippen LogP contribution in [0.25, 0.3) is 11.1 Å². The number of thiophene rings is 1. The van der Waals surface area contributed by atoms with Crippen LogP contribution in [0.15, 0.2) is 41.8 Å². The molecule has 0 bridgehead atoms. The van der Waals surface area contributed by atoms with Crippen molar-refractivity contribution >= 4 is 11.3 Å². The molecule has 0 atom stereocenters. The van der Waals surface area contributed by atoms with Gasteiger partial charge in [0.15, 0.2) is 0 Å². The number of hydrogen-bond donors (Lipinski definition) is 2. The van der Waals surface area contributed by atoms with Crippen molar-refractivity contribution in [3.63, 3.8) is 0 Å². The molecule has 0 fully saturated rings. The molecule has 2 N–H and O–H groups in total. The molecule has 1 aromatic carbocycles. The second kappa shape index (κ2) is 5.80. The molecule has 1 aromatic heterocycles. The minimum absolute atomic E-state index is 0.191. The Morgan fingerprint density at radius 2 is 1.94 bits per heavy atom. The molecule has 0 radical (unpaired) electrons. The summed E-state index contributed by atoms with van der Waals surface area (Å²) in [7, 11) is 0. The second-order valence-corrected chi connectivity index (χ2v) is 4.56. The lowest BCUT2D eigenvalue weighted by atomic mass is 10.1. The van der Waals surface area contributed by atoms with Crippen molar-refractivity contribution in [2.75, 3.05) is 13.2 Å². The van der Waals surface area contributed by atoms with Crippen molar-refractivity contribution < 1.29 is 5.11 Å². The Morgan fingerprint density at radius 3 is 2.69 bits per heavy atom. The van der Waals surface area contributed by atoms with E-state index >= 15 is 0 Å². The molecule has 0 aliphatic heterocycles. The van der Waals surface area contributed by atoms with Crippen LogP contribution in [0.4, 0.5) is 0 Å². The molecular weight excluding hydrogens is 218 g/mol. The molecule has 0 saturated carbocycles. The van der Waals surface area contributed by atoms with Crippen molar-refractivity contribution in [1.29, 1.82) is 0 Å². The maximum Gasteiger partial charge on any atom is 0.0556 e. The normalized spacial score (nSPS) is 10.6. The van der Waals surface area contributed by atoms with Crippen LogP contribution in [0.3, 0.4) is 0 Å². The van der Waals surface area contributed by atoms with Gasteiger partial charge in [-0.25, -0.2) is 0 Å². The summed E-state index contributed by atoms with van der Waals surface area (Å²) in [6.07, 6.45) is 0. The van der Waals surface area contributed by atoms with Crippen molar-refractivity contribution in [1.82, 2.24) is 5.32 Å². The highest BCUT2D eigenvalue weighted by Crippen LogP contribution is 2.25. The van der Waals surface area contributed by atoms with Crippen LogP contribution in [0.5, 0.6) is 0 Å². The quantitative estimate of drug-likeness (QED) is 0.778. The first kappa shape index (κ1) is 11.3. The third kappa shape index (κ3) is 2.92. The fourth-order valence-electron chi connectivity index (χ4n) is 1.55. The minimum atomic E-state index is 0.191. The van der Waals surface area contributed by atoms with Crippen LogP contribution in [0.2, 0.25) is 0 Å². The third-order valence-corrected chi connectivity index (χ3v) is 3.29. The van der Waals surface area contributed by atoms with Crippen LogP contribution < -0.4 is 5.32 Å². The van der Waals surface area contributed by atoms with E-state index in [9.17, 15) is 0 Å². The summed E-state index contributed by atoms with van der Waals surface area (Å²) in [5, 5.41) is 14.0. The molecule has 0 aliphatic rings. The summed E-state index contributed by atoms with van der Waals surface area (Å²) in [6.45, 7) is 1.67. The standard InChI is InChI=1S/C13H15NOS/c15-7-6-14-9-13-8-12(10-16-13)11-4-2-1-3-5-11/h1-5,8,10,14-15H,6-7,9H2. The fraction of sp³-hybridized carbons (Fsp3) is 0.231. The van der Waals surface area contributed by atoms with Gasteiger partial charge in [0.2, 0.25) is 0 Å². The molecule has 0 aliphatic carbocycles. The summed E-state index contributed by atoms with van der Waals surface area (Å²) in [5.74, 6) is 0. The van der Waals surface area contributed by atoms with Gasteiger partial charge >= 0.3 is 0 Å². The van der Waals surface area contributed by atoms with Gasteiger partial charge in [0, 0.05) is 18.0 Å². The molecule has 2 nitrogen and oxygen atoms in total. The first-order chi connectivity index (χ1) is 7.90. The Kier molecular flexibility index (Phi) is 4.10. The number of hydrogen-bond acceptors (Lipinski definition) is 3. The van der Waals surface area contributed by atoms with E-state index in [2.05, 4.69) is 41.0 Å². The topological polar surface area (TPSA) is 32.3 Å². The van der Waals surface area contributed by atoms with Crippen molar-refractivity contribution in [3.8, 4) is 11.1 Å². The zero-order valence-electron chi connectivity index (χ0n) is 9.02. The van der Waals surface area contributed by atoms with Crippen LogP contribution in [-0.4, -0.2) is 18.3 Å². The summed E-state index contributed by atoms with van der Waals surface area (Å²) < 4.78 is 0. The van der Waals surface area contributed by atoms with Gasteiger partial charge in [0.1, 0.15) is 0 Å². The Hall–Kier alpha value is -1.16. The van der Waals surface area contributed by atoms with Gasteiger partial charge in [-0.1, -0.05) is 30.3 Å². The van der Waals surface area contributed by atoms with Crippen LogP contribution in [0.1, 0.15) is 4.88 Å². The fourth-order valence-corrected chi connectivity index (χ4v) is 2.41. The summed E-state index contributed by atoms with van der Waals surface area (Å²) in [4.78, 5) is 1.30. The molecule has 1 heterocycles. The van der Waals surface area contributed by atoms with E-state index in [-0.39, 0.29) is 6.61 Å². The molecule has 84 valence electrons. The Bertz CT molecular complexity index is 425. The number of aliphatic hydroxyl groups is 1. The van der Waals surface area contributed by atoms with E-state index in [4.69, 9.17) is 5.11 Å². The smallest absolute Gasteiger partial charge is 0.0556 e. The van der Waals surface area contributed by atoms with Crippen LogP contribution in [-0.2, 0) is 6.54 Å². The summed E-state index contributed by atoms with van der Waals surface area (Å²) in [6, 6.07) is 12.6. The number of aliphatic hydroxyl groups excluding tert-OH is 1. The minimum Gasteiger partial charge on any atom is -0.395 e. The van der Waals surface area contributed by atoms with Crippen molar-refractivity contribution in [3.05, 3.63) is 46.7 Å². The number of nitrogens with one attached hydrogen (secondary N) is 1. The Labute approximate surface area is 99.6 Å². The van der Waals surface area contributed by atoms with E-state index in [0.29, 0.717) is 6.54 Å². The maximum atomic E-state index is 8.67. The Balaban J connectivity index is 2.02.